The molecule has 26 heavy (non-hydrogen) atoms. The minimum Gasteiger partial charge on any atom is -0.349 e. The Morgan fingerprint density at radius 2 is 2.08 bits per heavy atom. The summed E-state index contributed by atoms with van der Waals surface area (Å²) in [5, 5.41) is 5.43. The van der Waals surface area contributed by atoms with Crippen LogP contribution in [0.5, 0.6) is 0 Å². The summed E-state index contributed by atoms with van der Waals surface area (Å²) in [5.41, 5.74) is 12.3. The van der Waals surface area contributed by atoms with E-state index in [2.05, 4.69) is 32.1 Å². The number of hydrogen-bond acceptors (Lipinski definition) is 8. The van der Waals surface area contributed by atoms with Gasteiger partial charge in [-0.2, -0.15) is 5.48 Å². The van der Waals surface area contributed by atoms with Crippen LogP contribution in [0.3, 0.4) is 0 Å². The van der Waals surface area contributed by atoms with Gasteiger partial charge in [0.25, 0.3) is 0 Å². The first-order valence-corrected chi connectivity index (χ1v) is 10.0. The van der Waals surface area contributed by atoms with Gasteiger partial charge in [0.15, 0.2) is 6.23 Å². The lowest BCUT2D eigenvalue weighted by atomic mass is 9.89. The second kappa shape index (κ2) is 8.47. The average Bonchev–Trinajstić information content (AvgIpc) is 3.37. The summed E-state index contributed by atoms with van der Waals surface area (Å²) in [6.45, 7) is 4.68. The van der Waals surface area contributed by atoms with Gasteiger partial charge in [-0.1, -0.05) is 19.3 Å². The van der Waals surface area contributed by atoms with E-state index >= 15 is 0 Å². The molecule has 4 fully saturated rings. The summed E-state index contributed by atoms with van der Waals surface area (Å²) < 4.78 is 5.66. The maximum Gasteiger partial charge on any atom is 0.239 e. The minimum atomic E-state index is -0.339. The Balaban J connectivity index is 1.18. The van der Waals surface area contributed by atoms with Crippen molar-refractivity contribution in [1.82, 2.24) is 32.1 Å². The molecule has 1 aliphatic carbocycles. The van der Waals surface area contributed by atoms with Gasteiger partial charge in [-0.25, -0.2) is 15.9 Å². The van der Waals surface area contributed by atoms with Crippen molar-refractivity contribution in [3.63, 3.8) is 0 Å². The van der Waals surface area contributed by atoms with E-state index in [0.29, 0.717) is 6.42 Å². The van der Waals surface area contributed by atoms with Crippen molar-refractivity contribution in [2.75, 3.05) is 19.6 Å². The Kier molecular flexibility index (Phi) is 6.04. The van der Waals surface area contributed by atoms with Gasteiger partial charge in [-0.3, -0.25) is 15.1 Å². The summed E-state index contributed by atoms with van der Waals surface area (Å²) >= 11 is 0. The number of hydroxylamine groups is 1. The molecule has 0 aromatic carbocycles. The van der Waals surface area contributed by atoms with Crippen LogP contribution in [0.15, 0.2) is 0 Å². The van der Waals surface area contributed by atoms with E-state index in [1.807, 2.05) is 6.92 Å². The van der Waals surface area contributed by atoms with E-state index in [9.17, 15) is 4.79 Å². The zero-order chi connectivity index (χ0) is 17.9. The molecule has 9 heteroatoms. The third-order valence-corrected chi connectivity index (χ3v) is 5.82. The zero-order valence-corrected chi connectivity index (χ0v) is 15.5. The standard InChI is InChI=1S/C17H32N6O3/c1-11-20-21-17(25-11)15-7-14(22-26-15)16(24)19-13-8-18-23(10-13)9-12-5-3-2-4-6-12/h11-15,17-18,20-22H,2-10H2,1H3,(H,19,24). The molecule has 5 N–H and O–H groups in total. The van der Waals surface area contributed by atoms with Gasteiger partial charge in [0.2, 0.25) is 5.91 Å². The lowest BCUT2D eigenvalue weighted by Gasteiger charge is -2.26. The van der Waals surface area contributed by atoms with Crippen molar-refractivity contribution in [2.45, 2.75) is 76.1 Å². The lowest BCUT2D eigenvalue weighted by molar-refractivity contribution is -0.125. The lowest BCUT2D eigenvalue weighted by Crippen LogP contribution is -2.47. The van der Waals surface area contributed by atoms with Crippen LogP contribution >= 0.6 is 0 Å². The number of hydrogen-bond donors (Lipinski definition) is 5. The quantitative estimate of drug-likeness (QED) is 0.436. The van der Waals surface area contributed by atoms with Gasteiger partial charge < -0.3 is 10.1 Å². The number of hydrazine groups is 2. The summed E-state index contributed by atoms with van der Waals surface area (Å²) in [7, 11) is 0. The SMILES string of the molecule is CC1NNC(C2CC(C(=O)NC3CNN(CC4CCCCC4)C3)NO2)O1. The Bertz CT molecular complexity index is 489. The minimum absolute atomic E-state index is 0.00202. The highest BCUT2D eigenvalue weighted by atomic mass is 16.7. The second-order valence-corrected chi connectivity index (χ2v) is 8.03. The molecule has 1 saturated carbocycles. The molecule has 0 bridgehead atoms. The van der Waals surface area contributed by atoms with E-state index in [4.69, 9.17) is 9.57 Å². The molecule has 3 heterocycles. The molecule has 3 saturated heterocycles. The molecular weight excluding hydrogens is 336 g/mol. The number of ether oxygens (including phenoxy) is 1. The fourth-order valence-corrected chi connectivity index (χ4v) is 4.37. The van der Waals surface area contributed by atoms with Crippen molar-refractivity contribution >= 4 is 5.91 Å². The molecule has 0 radical (unpaired) electrons. The van der Waals surface area contributed by atoms with Gasteiger partial charge in [0.05, 0.1) is 6.04 Å². The molecule has 0 spiro atoms. The van der Waals surface area contributed by atoms with E-state index in [-0.39, 0.29) is 36.6 Å². The average molecular weight is 368 g/mol. The zero-order valence-electron chi connectivity index (χ0n) is 15.5. The van der Waals surface area contributed by atoms with Crippen LogP contribution in [0.1, 0.15) is 45.4 Å². The fourth-order valence-electron chi connectivity index (χ4n) is 4.37. The smallest absolute Gasteiger partial charge is 0.239 e. The highest BCUT2D eigenvalue weighted by Crippen LogP contribution is 2.24. The highest BCUT2D eigenvalue weighted by Gasteiger charge is 2.39. The Labute approximate surface area is 154 Å². The van der Waals surface area contributed by atoms with Crippen LogP contribution in [0, 0.1) is 5.92 Å². The normalized spacial score (nSPS) is 39.5. The summed E-state index contributed by atoms with van der Waals surface area (Å²) in [6, 6.07) is -0.191. The van der Waals surface area contributed by atoms with Crippen molar-refractivity contribution in [3.05, 3.63) is 0 Å². The van der Waals surface area contributed by atoms with Crippen LogP contribution in [-0.4, -0.2) is 61.2 Å². The van der Waals surface area contributed by atoms with Crippen LogP contribution in [0.2, 0.25) is 0 Å². The van der Waals surface area contributed by atoms with Crippen LogP contribution in [-0.2, 0) is 14.4 Å². The molecule has 5 unspecified atom stereocenters. The van der Waals surface area contributed by atoms with Crippen LogP contribution in [0.4, 0.5) is 0 Å². The third-order valence-electron chi connectivity index (χ3n) is 5.82. The number of nitrogens with one attached hydrogen (secondary N) is 5. The molecule has 9 nitrogen and oxygen atoms in total. The first-order valence-electron chi connectivity index (χ1n) is 10.0. The molecule has 5 atom stereocenters. The molecule has 148 valence electrons. The first kappa shape index (κ1) is 18.5. The van der Waals surface area contributed by atoms with Crippen LogP contribution in [0.25, 0.3) is 0 Å². The predicted molar refractivity (Wildman–Crippen MR) is 95.1 cm³/mol. The monoisotopic (exact) mass is 368 g/mol. The van der Waals surface area contributed by atoms with Crippen LogP contribution < -0.4 is 27.1 Å². The van der Waals surface area contributed by atoms with Crippen molar-refractivity contribution in [3.8, 4) is 0 Å². The fraction of sp³-hybridized carbons (Fsp3) is 0.941. The number of carbonyl (C=O) groups is 1. The van der Waals surface area contributed by atoms with Crippen molar-refractivity contribution < 1.29 is 14.4 Å². The molecule has 1 amide bonds. The predicted octanol–water partition coefficient (Wildman–Crippen LogP) is -0.670. The maximum atomic E-state index is 12.5. The van der Waals surface area contributed by atoms with Gasteiger partial charge in [-0.05, 0) is 25.7 Å². The summed E-state index contributed by atoms with van der Waals surface area (Å²) in [4.78, 5) is 18.1. The summed E-state index contributed by atoms with van der Waals surface area (Å²) in [6.07, 6.45) is 6.89. The van der Waals surface area contributed by atoms with Gasteiger partial charge >= 0.3 is 0 Å². The molecule has 0 aromatic rings. The first-order chi connectivity index (χ1) is 12.7. The Morgan fingerprint density at radius 1 is 1.23 bits per heavy atom. The summed E-state index contributed by atoms with van der Waals surface area (Å²) in [5.74, 6) is 0.795. The molecule has 4 rings (SSSR count). The highest BCUT2D eigenvalue weighted by molar-refractivity contribution is 5.82. The number of nitrogens with zero attached hydrogens (tertiary/aromatic N) is 1. The van der Waals surface area contributed by atoms with Gasteiger partial charge in [0.1, 0.15) is 18.4 Å². The van der Waals surface area contributed by atoms with E-state index in [0.717, 1.165) is 25.6 Å². The van der Waals surface area contributed by atoms with Crippen molar-refractivity contribution in [1.29, 1.82) is 0 Å². The number of amides is 1. The van der Waals surface area contributed by atoms with E-state index in [1.54, 1.807) is 0 Å². The van der Waals surface area contributed by atoms with E-state index in [1.165, 1.54) is 32.1 Å². The maximum absolute atomic E-state index is 12.5. The van der Waals surface area contributed by atoms with E-state index < -0.39 is 0 Å². The Hall–Kier alpha value is -0.810. The number of carbonyl (C=O) groups excluding carboxylic acids is 1. The van der Waals surface area contributed by atoms with Crippen molar-refractivity contribution in [2.24, 2.45) is 5.92 Å². The topological polar surface area (TPSA) is 98.9 Å². The molecule has 3 aliphatic heterocycles. The van der Waals surface area contributed by atoms with Gasteiger partial charge in [-0.15, -0.1) is 0 Å². The Morgan fingerprint density at radius 3 is 2.85 bits per heavy atom. The second-order valence-electron chi connectivity index (χ2n) is 8.03. The number of rotatable bonds is 5. The molecular formula is C17H32N6O3. The van der Waals surface area contributed by atoms with Gasteiger partial charge in [0, 0.05) is 26.1 Å². The largest absolute Gasteiger partial charge is 0.349 e. The third kappa shape index (κ3) is 4.53. The molecule has 4 aliphatic rings. The molecule has 0 aromatic heterocycles.